The first-order valence-electron chi connectivity index (χ1n) is 11.7. The summed E-state index contributed by atoms with van der Waals surface area (Å²) in [5, 5.41) is 4.94. The van der Waals surface area contributed by atoms with Gasteiger partial charge in [-0.15, -0.1) is 0 Å². The summed E-state index contributed by atoms with van der Waals surface area (Å²) in [7, 11) is 0. The Bertz CT molecular complexity index is 1480. The number of carbonyl (C=O) groups is 2. The minimum Gasteiger partial charge on any atom is -0.456 e. The van der Waals surface area contributed by atoms with Crippen molar-refractivity contribution in [2.24, 2.45) is 0 Å². The highest BCUT2D eigenvalue weighted by molar-refractivity contribution is 6.54. The van der Waals surface area contributed by atoms with Gasteiger partial charge in [0.05, 0.1) is 22.2 Å². The number of alkyl halides is 2. The number of hydrogen-bond acceptors (Lipinski definition) is 6. The van der Waals surface area contributed by atoms with E-state index in [0.717, 1.165) is 5.56 Å². The average molecular weight is 607 g/mol. The summed E-state index contributed by atoms with van der Waals surface area (Å²) in [6.07, 6.45) is 1.53. The molecule has 0 spiro atoms. The molecule has 2 aromatic heterocycles. The van der Waals surface area contributed by atoms with E-state index in [1.807, 2.05) is 0 Å². The van der Waals surface area contributed by atoms with Gasteiger partial charge in [-0.25, -0.2) is 4.79 Å². The van der Waals surface area contributed by atoms with E-state index in [1.165, 1.54) is 11.1 Å². The van der Waals surface area contributed by atoms with Crippen molar-refractivity contribution in [3.8, 4) is 22.7 Å². The molecule has 7 nitrogen and oxygen atoms in total. The Morgan fingerprint density at radius 3 is 2.26 bits per heavy atom. The number of anilines is 1. The molecule has 4 rings (SSSR count). The van der Waals surface area contributed by atoms with Crippen molar-refractivity contribution in [2.45, 2.75) is 37.8 Å². The van der Waals surface area contributed by atoms with Crippen LogP contribution in [0.15, 0.2) is 71.4 Å². The molecule has 2 aromatic carbocycles. The third-order valence-corrected chi connectivity index (χ3v) is 6.42. The van der Waals surface area contributed by atoms with Crippen molar-refractivity contribution in [1.29, 1.82) is 0 Å². The van der Waals surface area contributed by atoms with Gasteiger partial charge < -0.3 is 14.2 Å². The second kappa shape index (κ2) is 12.0. The second-order valence-corrected chi connectivity index (χ2v) is 11.4. The molecule has 0 aliphatic rings. The fourth-order valence-corrected chi connectivity index (χ4v) is 4.49. The summed E-state index contributed by atoms with van der Waals surface area (Å²) >= 11 is 24.6. The van der Waals surface area contributed by atoms with Gasteiger partial charge >= 0.3 is 5.97 Å². The van der Waals surface area contributed by atoms with Crippen molar-refractivity contribution in [3.05, 3.63) is 88.0 Å². The Balaban J connectivity index is 1.61. The fourth-order valence-electron chi connectivity index (χ4n) is 3.66. The van der Waals surface area contributed by atoms with Crippen LogP contribution in [0.4, 0.5) is 5.69 Å². The van der Waals surface area contributed by atoms with E-state index >= 15 is 0 Å². The molecule has 0 unspecified atom stereocenters. The van der Waals surface area contributed by atoms with Crippen molar-refractivity contribution >= 4 is 64.0 Å². The van der Waals surface area contributed by atoms with E-state index < -0.39 is 22.3 Å². The summed E-state index contributed by atoms with van der Waals surface area (Å²) in [5.74, 6) is -0.634. The predicted molar refractivity (Wildman–Crippen MR) is 153 cm³/mol. The zero-order chi connectivity index (χ0) is 28.3. The van der Waals surface area contributed by atoms with Crippen molar-refractivity contribution < 1.29 is 18.8 Å². The molecule has 0 aliphatic carbocycles. The maximum atomic E-state index is 13.0. The molecule has 202 valence electrons. The lowest BCUT2D eigenvalue weighted by atomic mass is 10.1. The zero-order valence-corrected chi connectivity index (χ0v) is 24.1. The van der Waals surface area contributed by atoms with Crippen LogP contribution in [0, 0.1) is 0 Å². The number of hydrogen-bond donors (Lipinski definition) is 0. The minimum atomic E-state index is -1.30. The molecule has 0 bridgehead atoms. The van der Waals surface area contributed by atoms with Gasteiger partial charge in [-0.1, -0.05) is 69.8 Å². The molecule has 39 heavy (non-hydrogen) atoms. The Morgan fingerprint density at radius 1 is 0.974 bits per heavy atom. The third kappa shape index (κ3) is 7.11. The van der Waals surface area contributed by atoms with E-state index in [-0.39, 0.29) is 6.54 Å². The Hall–Kier alpha value is -3.10. The number of rotatable bonds is 7. The van der Waals surface area contributed by atoms with Gasteiger partial charge in [0.2, 0.25) is 0 Å². The molecule has 0 atom stereocenters. The maximum Gasteiger partial charge on any atom is 0.338 e. The lowest BCUT2D eigenvalue weighted by molar-refractivity contribution is -0.117. The molecule has 0 saturated heterocycles. The van der Waals surface area contributed by atoms with E-state index in [4.69, 9.17) is 55.7 Å². The van der Waals surface area contributed by atoms with Crippen LogP contribution in [-0.4, -0.2) is 32.5 Å². The highest BCUT2D eigenvalue weighted by atomic mass is 35.5. The van der Waals surface area contributed by atoms with Crippen LogP contribution >= 0.6 is 46.4 Å². The quantitative estimate of drug-likeness (QED) is 0.156. The van der Waals surface area contributed by atoms with Gasteiger partial charge in [0, 0.05) is 23.5 Å². The number of nitrogens with zero attached hydrogens (tertiary/aromatic N) is 3. The first-order valence-corrected chi connectivity index (χ1v) is 13.3. The van der Waals surface area contributed by atoms with Crippen LogP contribution < -0.4 is 4.90 Å². The van der Waals surface area contributed by atoms with Crippen LogP contribution in [0.1, 0.15) is 36.7 Å². The Labute approximate surface area is 245 Å². The molecular weight excluding hydrogens is 584 g/mol. The van der Waals surface area contributed by atoms with Crippen molar-refractivity contribution in [2.75, 3.05) is 4.90 Å². The number of benzene rings is 2. The Morgan fingerprint density at radius 2 is 1.64 bits per heavy atom. The first kappa shape index (κ1) is 28.9. The van der Waals surface area contributed by atoms with Gasteiger partial charge in [-0.05, 0) is 62.7 Å². The molecule has 4 aromatic rings. The molecule has 0 N–H and O–H groups in total. The number of aromatic nitrogens is 2. The number of carbonyl (C=O) groups excluding carboxylic acids is 2. The smallest absolute Gasteiger partial charge is 0.338 e. The highest BCUT2D eigenvalue weighted by Crippen LogP contribution is 2.36. The molecule has 2 heterocycles. The monoisotopic (exact) mass is 605 g/mol. The van der Waals surface area contributed by atoms with Gasteiger partial charge in [0.15, 0.2) is 10.6 Å². The van der Waals surface area contributed by atoms with Crippen LogP contribution in [-0.2, 0) is 16.1 Å². The largest absolute Gasteiger partial charge is 0.456 e. The van der Waals surface area contributed by atoms with Gasteiger partial charge in [-0.3, -0.25) is 9.78 Å². The molecule has 0 fully saturated rings. The summed E-state index contributed by atoms with van der Waals surface area (Å²) in [5.41, 5.74) is 2.37. The number of pyridine rings is 1. The molecular formula is C28H23Cl4N3O4. The molecule has 0 aliphatic heterocycles. The van der Waals surface area contributed by atoms with Crippen LogP contribution in [0.25, 0.3) is 22.7 Å². The number of halogens is 4. The summed E-state index contributed by atoms with van der Waals surface area (Å²) in [6, 6.07) is 16.8. The van der Waals surface area contributed by atoms with E-state index in [0.29, 0.717) is 44.0 Å². The third-order valence-electron chi connectivity index (χ3n) is 5.42. The van der Waals surface area contributed by atoms with E-state index in [1.54, 1.807) is 81.4 Å². The molecule has 0 radical (unpaired) electrons. The normalized spacial score (nSPS) is 11.5. The zero-order valence-electron chi connectivity index (χ0n) is 21.1. The molecule has 0 saturated carbocycles. The predicted octanol–water partition coefficient (Wildman–Crippen LogP) is 8.00. The first-order chi connectivity index (χ1) is 18.4. The van der Waals surface area contributed by atoms with Crippen molar-refractivity contribution in [3.63, 3.8) is 0 Å². The number of ether oxygens (including phenoxy) is 1. The topological polar surface area (TPSA) is 85.5 Å². The van der Waals surface area contributed by atoms with Gasteiger partial charge in [0.25, 0.3) is 5.91 Å². The van der Waals surface area contributed by atoms with Gasteiger partial charge in [-0.2, -0.15) is 0 Å². The lowest BCUT2D eigenvalue weighted by Crippen LogP contribution is -2.34. The fraction of sp³-hybridized carbons (Fsp3) is 0.214. The van der Waals surface area contributed by atoms with Crippen LogP contribution in [0.2, 0.25) is 10.0 Å². The SMILES string of the molecule is CC(C)(C)OC(=O)c1ccc(CN(C(=O)C(Cl)Cl)c2ccnc(-c3cc(-c4c(Cl)cccc4Cl)no3)c2)cc1. The maximum absolute atomic E-state index is 13.0. The lowest BCUT2D eigenvalue weighted by Gasteiger charge is -2.24. The van der Waals surface area contributed by atoms with E-state index in [9.17, 15) is 9.59 Å². The summed E-state index contributed by atoms with van der Waals surface area (Å²) in [6.45, 7) is 5.52. The van der Waals surface area contributed by atoms with Gasteiger partial charge in [0.1, 0.15) is 17.0 Å². The standard InChI is InChI=1S/C28H23Cl4N3O4/c1-28(2,3)38-27(37)17-9-7-16(8-10-17)15-35(26(36)25(31)32)18-11-12-33-21(13-18)23-14-22(34-39-23)24-19(29)5-4-6-20(24)30/h4-14,25H,15H2,1-3H3. The number of amides is 1. The minimum absolute atomic E-state index is 0.129. The van der Waals surface area contributed by atoms with Crippen LogP contribution in [0.3, 0.4) is 0 Å². The van der Waals surface area contributed by atoms with Crippen molar-refractivity contribution in [1.82, 2.24) is 10.1 Å². The van der Waals surface area contributed by atoms with E-state index in [2.05, 4.69) is 10.1 Å². The highest BCUT2D eigenvalue weighted by Gasteiger charge is 2.24. The Kier molecular flexibility index (Phi) is 8.86. The molecule has 11 heteroatoms. The summed E-state index contributed by atoms with van der Waals surface area (Å²) < 4.78 is 10.9. The molecule has 1 amide bonds. The average Bonchev–Trinajstić information content (AvgIpc) is 3.36. The summed E-state index contributed by atoms with van der Waals surface area (Å²) in [4.78, 5) is 29.8. The van der Waals surface area contributed by atoms with Crippen LogP contribution in [0.5, 0.6) is 0 Å². The number of esters is 1. The second-order valence-electron chi connectivity index (χ2n) is 9.50.